The van der Waals surface area contributed by atoms with Gasteiger partial charge in [-0.15, -0.1) is 10.2 Å². The molecule has 0 aliphatic rings. The number of benzene rings is 4. The van der Waals surface area contributed by atoms with E-state index in [1.54, 1.807) is 56.0 Å². The minimum absolute atomic E-state index is 0. The molecule has 0 spiro atoms. The number of nitrogens with zero attached hydrogens (tertiary/aromatic N) is 9. The van der Waals surface area contributed by atoms with Gasteiger partial charge in [0.05, 0.1) is 65.7 Å². The summed E-state index contributed by atoms with van der Waals surface area (Å²) in [6, 6.07) is 16.4. The summed E-state index contributed by atoms with van der Waals surface area (Å²) >= 11 is 3.68. The molecule has 0 aliphatic heterocycles. The Morgan fingerprint density at radius 3 is 1.96 bits per heavy atom. The Morgan fingerprint density at radius 1 is 0.744 bits per heavy atom. The fourth-order valence-electron chi connectivity index (χ4n) is 9.03. The maximum atomic E-state index is 13.2. The van der Waals surface area contributed by atoms with Gasteiger partial charge in [0.15, 0.2) is 16.8 Å². The first-order valence-corrected chi connectivity index (χ1v) is 29.8. The molecule has 0 radical (unpaired) electrons. The SMILES string of the molecule is CCc1cc(C)c(SOO[O-])c(CC)c1Nc1nc(N(c2nc3ccc(S(=O)(=O)[O-])cc3s2)c2c(CC)cc(C)c(S(=O)(=O)[O-])c2CC)cc(C)c1N=Nc1c(C#N)c(C(C)(C)C)nn1-c1nc2ccc(SOO[O-])cc2s1.[Li+].[Li+].[Li+].[Li+]. The Labute approximate surface area is 538 Å². The molecular formula is C50H48Li4N10O12S6. The van der Waals surface area contributed by atoms with E-state index in [1.807, 2.05) is 54.5 Å². The van der Waals surface area contributed by atoms with Crippen LogP contribution in [0.25, 0.3) is 25.6 Å². The molecule has 0 unspecified atom stereocenters. The number of azo groups is 1. The summed E-state index contributed by atoms with van der Waals surface area (Å²) in [5, 5.41) is 58.5. The van der Waals surface area contributed by atoms with Crippen molar-refractivity contribution in [2.75, 3.05) is 10.2 Å². The van der Waals surface area contributed by atoms with Gasteiger partial charge < -0.3 is 24.9 Å². The van der Waals surface area contributed by atoms with Crippen molar-refractivity contribution in [1.82, 2.24) is 24.7 Å². The number of pyridine rings is 1. The Balaban J connectivity index is 0.00000361. The van der Waals surface area contributed by atoms with E-state index >= 15 is 0 Å². The number of aromatic nitrogens is 5. The van der Waals surface area contributed by atoms with E-state index in [9.17, 15) is 41.7 Å². The van der Waals surface area contributed by atoms with Crippen molar-refractivity contribution in [2.24, 2.45) is 10.2 Å². The number of hydrogen-bond acceptors (Lipinski definition) is 25. The van der Waals surface area contributed by atoms with Gasteiger partial charge in [0.1, 0.15) is 43.4 Å². The van der Waals surface area contributed by atoms with Gasteiger partial charge >= 0.3 is 75.4 Å². The average molecular weight is 1200 g/mol. The molecule has 0 aliphatic carbocycles. The van der Waals surface area contributed by atoms with Crippen molar-refractivity contribution in [3.63, 3.8) is 0 Å². The van der Waals surface area contributed by atoms with Gasteiger partial charge in [-0.2, -0.15) is 23.7 Å². The smallest absolute Gasteiger partial charge is 0.744 e. The molecule has 0 fully saturated rings. The van der Waals surface area contributed by atoms with Crippen LogP contribution in [0.4, 0.5) is 39.6 Å². The Bertz CT molecular complexity index is 3970. The van der Waals surface area contributed by atoms with E-state index in [2.05, 4.69) is 25.8 Å². The Morgan fingerprint density at radius 2 is 1.37 bits per heavy atom. The van der Waals surface area contributed by atoms with Crippen molar-refractivity contribution >= 4 is 127 Å². The van der Waals surface area contributed by atoms with Gasteiger partial charge in [-0.05, 0) is 128 Å². The number of anilines is 5. The summed E-state index contributed by atoms with van der Waals surface area (Å²) in [4.78, 5) is 16.8. The van der Waals surface area contributed by atoms with E-state index in [-0.39, 0.29) is 133 Å². The van der Waals surface area contributed by atoms with Crippen molar-refractivity contribution in [3.05, 3.63) is 105 Å². The number of aryl methyl sites for hydroxylation is 5. The molecule has 0 amide bonds. The molecule has 4 aromatic heterocycles. The minimum Gasteiger partial charge on any atom is -0.744 e. The van der Waals surface area contributed by atoms with E-state index in [4.69, 9.17) is 34.6 Å². The molecule has 82 heavy (non-hydrogen) atoms. The van der Waals surface area contributed by atoms with Crippen LogP contribution in [0.15, 0.2) is 84.4 Å². The molecule has 8 aromatic rings. The van der Waals surface area contributed by atoms with Gasteiger partial charge in [0.25, 0.3) is 0 Å². The standard InChI is InChI=1S/C50H52N10O12S6.4Li/c1-11-28-19-26(6)43(76-72-70-62)32(13-3)41(28)55-46-40(56-57-47-34(24-51)45(50(8,9)10)58-60(47)49-53-35-17-15-30(75-71-69-61)22-37(35)74-49)25(5)21-39(54-46)59(48-52-36-18-16-31(77(63,64)65)23-38(36)73-48)42-29(12-2)20-27(7)44(33(42)14-4)78(66,67)68;;;;/h15-23,61-62H,11-14H2,1-10H3,(H,54,55)(H,63,64,65)(H,66,67,68);;;;/q;4*+1/p-4. The number of rotatable bonds is 20. The molecule has 4 aromatic carbocycles. The molecule has 0 bridgehead atoms. The van der Waals surface area contributed by atoms with Crippen LogP contribution >= 0.6 is 46.8 Å². The third kappa shape index (κ3) is 14.8. The summed E-state index contributed by atoms with van der Waals surface area (Å²) in [5.74, 6) is 0.243. The summed E-state index contributed by atoms with van der Waals surface area (Å²) in [7, 11) is -9.99. The van der Waals surface area contributed by atoms with E-state index in [0.717, 1.165) is 52.6 Å². The van der Waals surface area contributed by atoms with Gasteiger partial charge in [-0.1, -0.05) is 83.3 Å². The average Bonchev–Trinajstić information content (AvgIpc) is 4.29. The van der Waals surface area contributed by atoms with Crippen molar-refractivity contribution < 1.29 is 131 Å². The fraction of sp³-hybridized carbons (Fsp3) is 0.300. The van der Waals surface area contributed by atoms with E-state index in [0.29, 0.717) is 82.7 Å². The van der Waals surface area contributed by atoms with Gasteiger partial charge in [-0.3, -0.25) is 15.0 Å². The Hall–Kier alpha value is -3.62. The van der Waals surface area contributed by atoms with Crippen LogP contribution in [0.3, 0.4) is 0 Å². The van der Waals surface area contributed by atoms with Crippen LogP contribution < -0.4 is 96.2 Å². The number of hydrogen-bond donors (Lipinski definition) is 1. The molecule has 32 heteroatoms. The molecule has 0 saturated carbocycles. The van der Waals surface area contributed by atoms with E-state index in [1.165, 1.54) is 28.2 Å². The van der Waals surface area contributed by atoms with Crippen LogP contribution in [0.1, 0.15) is 98.7 Å². The van der Waals surface area contributed by atoms with Gasteiger partial charge in [0, 0.05) is 20.9 Å². The molecule has 410 valence electrons. The minimum atomic E-state index is -5.10. The normalized spacial score (nSPS) is 11.8. The second-order valence-corrected chi connectivity index (χ2v) is 24.7. The summed E-state index contributed by atoms with van der Waals surface area (Å²) in [6.45, 7) is 18.3. The molecular weight excluding hydrogens is 1150 g/mol. The molecule has 0 atom stereocenters. The maximum Gasteiger partial charge on any atom is 1.00 e. The number of thiazole rings is 2. The van der Waals surface area contributed by atoms with Crippen molar-refractivity contribution in [2.45, 2.75) is 120 Å². The van der Waals surface area contributed by atoms with Crippen molar-refractivity contribution in [1.29, 1.82) is 5.26 Å². The van der Waals surface area contributed by atoms with Gasteiger partial charge in [-0.25, -0.2) is 31.8 Å². The second kappa shape index (κ2) is 29.2. The third-order valence-corrected chi connectivity index (χ3v) is 17.8. The zero-order chi connectivity index (χ0) is 56.6. The third-order valence-electron chi connectivity index (χ3n) is 12.4. The quantitative estimate of drug-likeness (QED) is 0.0233. The van der Waals surface area contributed by atoms with Crippen molar-refractivity contribution in [3.8, 4) is 11.2 Å². The first kappa shape index (κ1) is 70.9. The van der Waals surface area contributed by atoms with E-state index < -0.39 is 35.4 Å². The zero-order valence-electron chi connectivity index (χ0n) is 47.4. The zero-order valence-corrected chi connectivity index (χ0v) is 52.3. The molecule has 8 rings (SSSR count). The Kier molecular flexibility index (Phi) is 25.2. The van der Waals surface area contributed by atoms with Crippen LogP contribution in [0.2, 0.25) is 0 Å². The number of fused-ring (bicyclic) bond motifs is 2. The molecule has 22 nitrogen and oxygen atoms in total. The first-order valence-electron chi connectivity index (χ1n) is 23.8. The molecule has 1 N–H and O–H groups in total. The predicted octanol–water partition coefficient (Wildman–Crippen LogP) is -1.26. The summed E-state index contributed by atoms with van der Waals surface area (Å²) in [5.41, 5.74) is 5.47. The van der Waals surface area contributed by atoms with Crippen LogP contribution in [-0.4, -0.2) is 50.7 Å². The molecule has 4 heterocycles. The fourth-order valence-corrected chi connectivity index (χ4v) is 13.7. The topological polar surface area (TPSA) is 318 Å². The number of nitrogens with one attached hydrogen (secondary N) is 1. The van der Waals surface area contributed by atoms with Crippen LogP contribution in [-0.2, 0) is 70.1 Å². The summed E-state index contributed by atoms with van der Waals surface area (Å²) in [6.07, 6.45) is 1.31. The summed E-state index contributed by atoms with van der Waals surface area (Å²) < 4.78 is 88.3. The van der Waals surface area contributed by atoms with Gasteiger partial charge in [0.2, 0.25) is 5.13 Å². The first-order chi connectivity index (χ1) is 37.0. The van der Waals surface area contributed by atoms with Crippen LogP contribution in [0, 0.1) is 32.1 Å². The predicted molar refractivity (Wildman–Crippen MR) is 290 cm³/mol. The number of nitriles is 1. The maximum absolute atomic E-state index is 13.2. The monoisotopic (exact) mass is 1200 g/mol. The second-order valence-electron chi connectivity index (χ2n) is 18.5. The van der Waals surface area contributed by atoms with Crippen LogP contribution in [0.5, 0.6) is 0 Å². The largest absolute Gasteiger partial charge is 1.00 e. The molecule has 0 saturated heterocycles.